The molecule has 0 aliphatic heterocycles. The zero-order valence-electron chi connectivity index (χ0n) is 14.8. The smallest absolute Gasteiger partial charge is 0.260 e. The Balaban J connectivity index is 0.00000151. The molecular weight excluding hydrogens is 323 g/mol. The van der Waals surface area contributed by atoms with Crippen LogP contribution in [0.3, 0.4) is 0 Å². The molecule has 1 amide bonds. The molecule has 0 saturated heterocycles. The summed E-state index contributed by atoms with van der Waals surface area (Å²) in [5.41, 5.74) is 3.06. The number of amides is 1. The van der Waals surface area contributed by atoms with E-state index in [1.807, 2.05) is 26.0 Å². The van der Waals surface area contributed by atoms with Crippen molar-refractivity contribution in [1.29, 1.82) is 0 Å². The molecule has 3 N–H and O–H groups in total. The average Bonchev–Trinajstić information content (AvgIpc) is 2.67. The van der Waals surface area contributed by atoms with E-state index in [0.717, 1.165) is 5.56 Å². The topological polar surface area (TPSA) is 70.6 Å². The van der Waals surface area contributed by atoms with Gasteiger partial charge in [0, 0.05) is 12.1 Å². The number of carbonyl (C=O) groups is 1. The van der Waals surface area contributed by atoms with E-state index in [1.54, 1.807) is 42.7 Å². The van der Waals surface area contributed by atoms with Gasteiger partial charge in [0.15, 0.2) is 0 Å². The van der Waals surface area contributed by atoms with Crippen molar-refractivity contribution >= 4 is 5.91 Å². The Morgan fingerprint density at radius 3 is 2.40 bits per heavy atom. The summed E-state index contributed by atoms with van der Waals surface area (Å²) in [5, 5.41) is 11.5. The Bertz CT molecular complexity index is 647. The molecule has 0 bridgehead atoms. The van der Waals surface area contributed by atoms with Crippen molar-refractivity contribution in [2.75, 3.05) is 0 Å². The lowest BCUT2D eigenvalue weighted by Crippen LogP contribution is -2.40. The third-order valence-electron chi connectivity index (χ3n) is 3.39. The highest BCUT2D eigenvalue weighted by Crippen LogP contribution is 2.15. The highest BCUT2D eigenvalue weighted by atomic mass is 19.1. The second kappa shape index (κ2) is 11.2. The van der Waals surface area contributed by atoms with Gasteiger partial charge in [0.05, 0.1) is 6.04 Å². The summed E-state index contributed by atoms with van der Waals surface area (Å²) >= 11 is 0. The fourth-order valence-corrected chi connectivity index (χ4v) is 1.94. The van der Waals surface area contributed by atoms with Crippen LogP contribution in [0.4, 0.5) is 4.39 Å². The molecule has 0 saturated carbocycles. The molecule has 0 fully saturated rings. The minimum atomic E-state index is -0.503. The first kappa shape index (κ1) is 20.6. The summed E-state index contributed by atoms with van der Waals surface area (Å²) in [7, 11) is 0. The largest absolute Gasteiger partial charge is 0.489 e. The molecule has 0 aromatic heterocycles. The van der Waals surface area contributed by atoms with Gasteiger partial charge in [-0.05, 0) is 30.7 Å². The summed E-state index contributed by atoms with van der Waals surface area (Å²) in [6.45, 7) is 6.29. The predicted molar refractivity (Wildman–Crippen MR) is 94.8 cm³/mol. The van der Waals surface area contributed by atoms with Gasteiger partial charge in [-0.15, -0.1) is 0 Å². The van der Waals surface area contributed by atoms with E-state index in [2.05, 4.69) is 5.32 Å². The third-order valence-corrected chi connectivity index (χ3v) is 3.39. The van der Waals surface area contributed by atoms with Gasteiger partial charge in [-0.1, -0.05) is 44.2 Å². The normalized spacial score (nSPS) is 11.1. The molecule has 25 heavy (non-hydrogen) atoms. The van der Waals surface area contributed by atoms with Crippen LogP contribution >= 0.6 is 0 Å². The van der Waals surface area contributed by atoms with Crippen LogP contribution < -0.4 is 15.5 Å². The van der Waals surface area contributed by atoms with E-state index in [1.165, 1.54) is 6.07 Å². The van der Waals surface area contributed by atoms with Crippen molar-refractivity contribution in [3.8, 4) is 5.75 Å². The van der Waals surface area contributed by atoms with Gasteiger partial charge in [0.1, 0.15) is 18.2 Å². The molecule has 0 aliphatic rings. The number of hydrogen-bond acceptors (Lipinski definition) is 4. The maximum atomic E-state index is 13.5. The molecule has 2 aromatic rings. The van der Waals surface area contributed by atoms with Gasteiger partial charge in [-0.2, -0.15) is 0 Å². The molecule has 1 unspecified atom stereocenters. The number of benzene rings is 2. The number of ether oxygens (including phenoxy) is 1. The van der Waals surface area contributed by atoms with Crippen LogP contribution in [0.15, 0.2) is 48.5 Å². The van der Waals surface area contributed by atoms with Crippen LogP contribution in [0.2, 0.25) is 0 Å². The zero-order valence-corrected chi connectivity index (χ0v) is 14.8. The number of rotatable bonds is 7. The fraction of sp³-hybridized carbons (Fsp3) is 0.316. The third kappa shape index (κ3) is 6.91. The summed E-state index contributed by atoms with van der Waals surface area (Å²) < 4.78 is 19.0. The Hall–Kier alpha value is -2.44. The van der Waals surface area contributed by atoms with Gasteiger partial charge >= 0.3 is 0 Å². The van der Waals surface area contributed by atoms with E-state index >= 15 is 0 Å². The number of nitrogens with one attached hydrogen (secondary N) is 2. The quantitative estimate of drug-likeness (QED) is 0.530. The van der Waals surface area contributed by atoms with Crippen LogP contribution in [-0.2, 0) is 17.9 Å². The van der Waals surface area contributed by atoms with E-state index in [-0.39, 0.29) is 12.4 Å². The highest BCUT2D eigenvalue weighted by Gasteiger charge is 2.10. The molecular formula is C19H25FN2O3. The van der Waals surface area contributed by atoms with Crippen LogP contribution in [0.25, 0.3) is 0 Å². The van der Waals surface area contributed by atoms with Gasteiger partial charge in [-0.3, -0.25) is 10.0 Å². The van der Waals surface area contributed by atoms with Crippen LogP contribution in [0, 0.1) is 5.82 Å². The van der Waals surface area contributed by atoms with Gasteiger partial charge in [-0.25, -0.2) is 9.87 Å². The highest BCUT2D eigenvalue weighted by molar-refractivity contribution is 5.80. The van der Waals surface area contributed by atoms with Crippen molar-refractivity contribution in [3.63, 3.8) is 0 Å². The standard InChI is InChI=1S/C17H19FN2O3.C2H6/c1-12(17(21)20-22)19-10-13-6-8-15(9-7-13)23-11-14-4-2-3-5-16(14)18;1-2/h2-9,12,19,22H,10-11H2,1H3,(H,20,21);1-2H3. The van der Waals surface area contributed by atoms with E-state index in [9.17, 15) is 9.18 Å². The zero-order chi connectivity index (χ0) is 18.7. The summed E-state index contributed by atoms with van der Waals surface area (Å²) in [4.78, 5) is 11.2. The summed E-state index contributed by atoms with van der Waals surface area (Å²) in [5.74, 6) is -0.141. The number of halogens is 1. The second-order valence-electron chi connectivity index (χ2n) is 5.10. The summed E-state index contributed by atoms with van der Waals surface area (Å²) in [6, 6.07) is 13.3. The maximum Gasteiger partial charge on any atom is 0.260 e. The van der Waals surface area contributed by atoms with Crippen LogP contribution in [-0.4, -0.2) is 17.2 Å². The second-order valence-corrected chi connectivity index (χ2v) is 5.10. The van der Waals surface area contributed by atoms with Gasteiger partial charge in [0.2, 0.25) is 0 Å². The molecule has 0 radical (unpaired) electrons. The molecule has 136 valence electrons. The first-order chi connectivity index (χ1) is 12.1. The van der Waals surface area contributed by atoms with E-state index in [0.29, 0.717) is 17.9 Å². The van der Waals surface area contributed by atoms with Crippen LogP contribution in [0.5, 0.6) is 5.75 Å². The number of hydrogen-bond donors (Lipinski definition) is 3. The molecule has 0 spiro atoms. The molecule has 5 nitrogen and oxygen atoms in total. The molecule has 1 atom stereocenters. The lowest BCUT2D eigenvalue weighted by molar-refractivity contribution is -0.131. The SMILES string of the molecule is CC.CC(NCc1ccc(OCc2ccccc2F)cc1)C(=O)NO. The Labute approximate surface area is 147 Å². The molecule has 0 heterocycles. The molecule has 6 heteroatoms. The van der Waals surface area contributed by atoms with E-state index in [4.69, 9.17) is 9.94 Å². The summed E-state index contributed by atoms with van der Waals surface area (Å²) in [6.07, 6.45) is 0. The fourth-order valence-electron chi connectivity index (χ4n) is 1.94. The molecule has 0 aliphatic carbocycles. The predicted octanol–water partition coefficient (Wildman–Crippen LogP) is 3.41. The lowest BCUT2D eigenvalue weighted by atomic mass is 10.2. The number of carbonyl (C=O) groups excluding carboxylic acids is 1. The van der Waals surface area contributed by atoms with Crippen molar-refractivity contribution in [2.45, 2.75) is 40.0 Å². The minimum Gasteiger partial charge on any atom is -0.489 e. The maximum absolute atomic E-state index is 13.5. The van der Waals surface area contributed by atoms with Gasteiger partial charge < -0.3 is 10.1 Å². The van der Waals surface area contributed by atoms with E-state index < -0.39 is 11.9 Å². The monoisotopic (exact) mass is 348 g/mol. The van der Waals surface area contributed by atoms with Crippen molar-refractivity contribution in [1.82, 2.24) is 10.8 Å². The van der Waals surface area contributed by atoms with Crippen molar-refractivity contribution < 1.29 is 19.1 Å². The average molecular weight is 348 g/mol. The Morgan fingerprint density at radius 1 is 1.16 bits per heavy atom. The van der Waals surface area contributed by atoms with Crippen molar-refractivity contribution in [2.24, 2.45) is 0 Å². The Kier molecular flexibility index (Phi) is 9.21. The molecule has 2 rings (SSSR count). The van der Waals surface area contributed by atoms with Crippen molar-refractivity contribution in [3.05, 3.63) is 65.5 Å². The lowest BCUT2D eigenvalue weighted by Gasteiger charge is -2.12. The number of hydroxylamine groups is 1. The van der Waals surface area contributed by atoms with Crippen LogP contribution in [0.1, 0.15) is 31.9 Å². The Morgan fingerprint density at radius 2 is 1.80 bits per heavy atom. The molecule has 2 aromatic carbocycles. The van der Waals surface area contributed by atoms with Gasteiger partial charge in [0.25, 0.3) is 5.91 Å². The first-order valence-electron chi connectivity index (χ1n) is 8.22. The first-order valence-corrected chi connectivity index (χ1v) is 8.22. The minimum absolute atomic E-state index is 0.165.